The predicted octanol–water partition coefficient (Wildman–Crippen LogP) is 2.93. The summed E-state index contributed by atoms with van der Waals surface area (Å²) >= 11 is 1.24. The van der Waals surface area contributed by atoms with E-state index in [0.29, 0.717) is 33.0 Å². The Labute approximate surface area is 187 Å². The van der Waals surface area contributed by atoms with E-state index in [-0.39, 0.29) is 19.0 Å². The highest BCUT2D eigenvalue weighted by Crippen LogP contribution is 2.20. The van der Waals surface area contributed by atoms with Gasteiger partial charge in [-0.15, -0.1) is 11.3 Å². The number of fused-ring (bicyclic) bond motifs is 1. The van der Waals surface area contributed by atoms with E-state index in [4.69, 9.17) is 9.47 Å². The Morgan fingerprint density at radius 2 is 1.72 bits per heavy atom. The second-order valence-electron chi connectivity index (χ2n) is 6.98. The normalized spacial score (nSPS) is 10.8. The molecule has 2 heterocycles. The molecule has 4 rings (SSSR count). The third-order valence-electron chi connectivity index (χ3n) is 5.03. The van der Waals surface area contributed by atoms with Gasteiger partial charge in [0.2, 0.25) is 5.91 Å². The van der Waals surface area contributed by atoms with Gasteiger partial charge in [0.1, 0.15) is 22.7 Å². The van der Waals surface area contributed by atoms with Crippen LogP contribution in [0.4, 0.5) is 5.69 Å². The number of nitrogens with one attached hydrogen (secondary N) is 1. The average Bonchev–Trinajstić information content (AvgIpc) is 3.30. The molecule has 2 aromatic heterocycles. The second-order valence-corrected chi connectivity index (χ2v) is 7.90. The lowest BCUT2D eigenvalue weighted by molar-refractivity contribution is -0.116. The SMILES string of the molecule is COc1ccc(NC(=O)Cn2c(=O)n(Cc3ccccc3OC)c(=O)c3sccc32)cc1. The van der Waals surface area contributed by atoms with Gasteiger partial charge in [0.25, 0.3) is 5.56 Å². The van der Waals surface area contributed by atoms with Crippen LogP contribution in [-0.4, -0.2) is 29.3 Å². The van der Waals surface area contributed by atoms with Gasteiger partial charge in [-0.3, -0.25) is 18.7 Å². The molecular weight excluding hydrogens is 430 g/mol. The zero-order chi connectivity index (χ0) is 22.7. The molecule has 0 saturated heterocycles. The van der Waals surface area contributed by atoms with E-state index >= 15 is 0 Å². The van der Waals surface area contributed by atoms with Crippen molar-refractivity contribution in [2.45, 2.75) is 13.1 Å². The van der Waals surface area contributed by atoms with Crippen LogP contribution in [0.25, 0.3) is 10.2 Å². The number of anilines is 1. The minimum absolute atomic E-state index is 0.0373. The van der Waals surface area contributed by atoms with Gasteiger partial charge in [-0.25, -0.2) is 4.79 Å². The summed E-state index contributed by atoms with van der Waals surface area (Å²) in [5, 5.41) is 4.50. The number of thiophene rings is 1. The van der Waals surface area contributed by atoms with Crippen molar-refractivity contribution in [2.24, 2.45) is 0 Å². The van der Waals surface area contributed by atoms with Crippen molar-refractivity contribution in [2.75, 3.05) is 19.5 Å². The van der Waals surface area contributed by atoms with Crippen molar-refractivity contribution in [3.05, 3.63) is 86.4 Å². The number of hydrogen-bond donors (Lipinski definition) is 1. The Balaban J connectivity index is 1.69. The molecule has 164 valence electrons. The quantitative estimate of drug-likeness (QED) is 0.467. The fourth-order valence-corrected chi connectivity index (χ4v) is 4.29. The van der Waals surface area contributed by atoms with Crippen molar-refractivity contribution < 1.29 is 14.3 Å². The van der Waals surface area contributed by atoms with Gasteiger partial charge in [-0.2, -0.15) is 0 Å². The zero-order valence-corrected chi connectivity index (χ0v) is 18.3. The third kappa shape index (κ3) is 4.15. The molecule has 0 fully saturated rings. The number of carbonyl (C=O) groups is 1. The lowest BCUT2D eigenvalue weighted by atomic mass is 10.2. The summed E-state index contributed by atoms with van der Waals surface area (Å²) in [5.74, 6) is 0.865. The van der Waals surface area contributed by atoms with Gasteiger partial charge < -0.3 is 14.8 Å². The van der Waals surface area contributed by atoms with E-state index in [1.165, 1.54) is 23.0 Å². The van der Waals surface area contributed by atoms with E-state index in [0.717, 1.165) is 4.57 Å². The number of para-hydroxylation sites is 1. The number of hydrogen-bond acceptors (Lipinski definition) is 6. The van der Waals surface area contributed by atoms with Crippen molar-refractivity contribution in [3.8, 4) is 11.5 Å². The van der Waals surface area contributed by atoms with Gasteiger partial charge in [-0.05, 0) is 41.8 Å². The van der Waals surface area contributed by atoms with Gasteiger partial charge in [-0.1, -0.05) is 18.2 Å². The molecule has 32 heavy (non-hydrogen) atoms. The highest BCUT2D eigenvalue weighted by Gasteiger charge is 2.17. The first kappa shape index (κ1) is 21.4. The van der Waals surface area contributed by atoms with E-state index in [1.54, 1.807) is 55.0 Å². The second kappa shape index (κ2) is 9.11. The smallest absolute Gasteiger partial charge is 0.332 e. The van der Waals surface area contributed by atoms with E-state index in [2.05, 4.69) is 5.32 Å². The summed E-state index contributed by atoms with van der Waals surface area (Å²) in [6.07, 6.45) is 0. The van der Waals surface area contributed by atoms with Crippen LogP contribution >= 0.6 is 11.3 Å². The monoisotopic (exact) mass is 451 g/mol. The molecule has 0 aliphatic rings. The minimum Gasteiger partial charge on any atom is -0.497 e. The van der Waals surface area contributed by atoms with Gasteiger partial charge >= 0.3 is 5.69 Å². The number of nitrogens with zero attached hydrogens (tertiary/aromatic N) is 2. The molecule has 4 aromatic rings. The molecule has 1 N–H and O–H groups in total. The van der Waals surface area contributed by atoms with E-state index in [9.17, 15) is 14.4 Å². The summed E-state index contributed by atoms with van der Waals surface area (Å²) in [7, 11) is 3.10. The topological polar surface area (TPSA) is 91.6 Å². The zero-order valence-electron chi connectivity index (χ0n) is 17.5. The molecule has 0 unspecified atom stereocenters. The molecule has 0 bridgehead atoms. The Kier molecular flexibility index (Phi) is 6.09. The molecule has 0 radical (unpaired) electrons. The largest absolute Gasteiger partial charge is 0.497 e. The molecular formula is C23H21N3O5S. The fourth-order valence-electron chi connectivity index (χ4n) is 3.45. The molecule has 0 spiro atoms. The summed E-state index contributed by atoms with van der Waals surface area (Å²) in [4.78, 5) is 39.0. The Morgan fingerprint density at radius 1 is 0.969 bits per heavy atom. The molecule has 8 nitrogen and oxygen atoms in total. The maximum absolute atomic E-state index is 13.3. The van der Waals surface area contributed by atoms with Crippen LogP contribution in [-0.2, 0) is 17.9 Å². The van der Waals surface area contributed by atoms with Crippen LogP contribution in [0.15, 0.2) is 69.6 Å². The fraction of sp³-hybridized carbons (Fsp3) is 0.174. The number of carbonyl (C=O) groups excluding carboxylic acids is 1. The third-order valence-corrected chi connectivity index (χ3v) is 5.92. The first-order chi connectivity index (χ1) is 15.5. The van der Waals surface area contributed by atoms with Crippen LogP contribution in [0.5, 0.6) is 11.5 Å². The summed E-state index contributed by atoms with van der Waals surface area (Å²) in [6, 6.07) is 15.7. The highest BCUT2D eigenvalue weighted by atomic mass is 32.1. The minimum atomic E-state index is -0.559. The molecule has 9 heteroatoms. The standard InChI is InChI=1S/C23H21N3O5S/c1-30-17-9-7-16(8-10-17)24-20(27)14-25-18-11-12-32-21(18)22(28)26(23(25)29)13-15-5-3-4-6-19(15)31-2/h3-12H,13-14H2,1-2H3,(H,24,27). The van der Waals surface area contributed by atoms with Crippen LogP contribution in [0.1, 0.15) is 5.56 Å². The van der Waals surface area contributed by atoms with Crippen LogP contribution in [0.3, 0.4) is 0 Å². The molecule has 0 saturated carbocycles. The summed E-state index contributed by atoms with van der Waals surface area (Å²) in [5.41, 5.74) is 0.757. The summed E-state index contributed by atoms with van der Waals surface area (Å²) < 4.78 is 13.3. The van der Waals surface area contributed by atoms with Crippen LogP contribution in [0, 0.1) is 0 Å². The number of aromatic nitrogens is 2. The number of amides is 1. The number of benzene rings is 2. The Morgan fingerprint density at radius 3 is 2.44 bits per heavy atom. The Bertz CT molecular complexity index is 1390. The number of rotatable bonds is 7. The van der Waals surface area contributed by atoms with Crippen molar-refractivity contribution in [1.82, 2.24) is 9.13 Å². The number of ether oxygens (including phenoxy) is 2. The average molecular weight is 452 g/mol. The van der Waals surface area contributed by atoms with Crippen molar-refractivity contribution in [1.29, 1.82) is 0 Å². The molecule has 2 aromatic carbocycles. The highest BCUT2D eigenvalue weighted by molar-refractivity contribution is 7.17. The lowest BCUT2D eigenvalue weighted by Crippen LogP contribution is -2.41. The van der Waals surface area contributed by atoms with Crippen LogP contribution < -0.4 is 26.0 Å². The predicted molar refractivity (Wildman–Crippen MR) is 124 cm³/mol. The maximum Gasteiger partial charge on any atom is 0.332 e. The van der Waals surface area contributed by atoms with Gasteiger partial charge in [0.15, 0.2) is 0 Å². The van der Waals surface area contributed by atoms with Crippen molar-refractivity contribution in [3.63, 3.8) is 0 Å². The van der Waals surface area contributed by atoms with Crippen molar-refractivity contribution >= 4 is 33.1 Å². The summed E-state index contributed by atoms with van der Waals surface area (Å²) in [6.45, 7) is -0.195. The van der Waals surface area contributed by atoms with E-state index in [1.807, 2.05) is 12.1 Å². The first-order valence-corrected chi connectivity index (χ1v) is 10.7. The first-order valence-electron chi connectivity index (χ1n) is 9.78. The van der Waals surface area contributed by atoms with E-state index < -0.39 is 11.2 Å². The number of methoxy groups -OCH3 is 2. The molecule has 1 amide bonds. The molecule has 0 aliphatic carbocycles. The maximum atomic E-state index is 13.3. The van der Waals surface area contributed by atoms with Gasteiger partial charge in [0, 0.05) is 11.3 Å². The lowest BCUT2D eigenvalue weighted by Gasteiger charge is -2.14. The molecule has 0 atom stereocenters. The molecule has 0 aliphatic heterocycles. The van der Waals surface area contributed by atoms with Crippen LogP contribution in [0.2, 0.25) is 0 Å². The van der Waals surface area contributed by atoms with Gasteiger partial charge in [0.05, 0.1) is 26.3 Å². The Hall–Kier alpha value is -3.85.